The molecule has 1 saturated carbocycles. The molecule has 5 nitrogen and oxygen atoms in total. The van der Waals surface area contributed by atoms with Crippen molar-refractivity contribution in [3.05, 3.63) is 78.1 Å². The molecule has 0 atom stereocenters. The second kappa shape index (κ2) is 11.9. The van der Waals surface area contributed by atoms with Gasteiger partial charge in [0, 0.05) is 36.7 Å². The minimum Gasteiger partial charge on any atom is -0.369 e. The van der Waals surface area contributed by atoms with E-state index in [2.05, 4.69) is 49.7 Å². The van der Waals surface area contributed by atoms with Gasteiger partial charge in [-0.15, -0.1) is 24.8 Å². The fourth-order valence-electron chi connectivity index (χ4n) is 4.20. The third-order valence-electron chi connectivity index (χ3n) is 5.80. The van der Waals surface area contributed by atoms with E-state index in [1.807, 2.05) is 16.7 Å². The van der Waals surface area contributed by atoms with E-state index >= 15 is 0 Å². The molecule has 3 aromatic rings. The predicted octanol–water partition coefficient (Wildman–Crippen LogP) is 6.75. The highest BCUT2D eigenvalue weighted by Gasteiger charge is 2.28. The van der Waals surface area contributed by atoms with E-state index in [4.69, 9.17) is 0 Å². The molecule has 1 heterocycles. The van der Waals surface area contributed by atoms with Gasteiger partial charge in [0.05, 0.1) is 12.9 Å². The zero-order valence-electron chi connectivity index (χ0n) is 20.8. The third-order valence-corrected chi connectivity index (χ3v) is 5.80. The molecule has 0 bridgehead atoms. The van der Waals surface area contributed by atoms with Crippen molar-refractivity contribution in [1.29, 1.82) is 0 Å². The first-order valence-electron chi connectivity index (χ1n) is 11.7. The summed E-state index contributed by atoms with van der Waals surface area (Å²) < 4.78 is 15.5. The number of nitrogens with zero attached hydrogens (tertiary/aromatic N) is 4. The van der Waals surface area contributed by atoms with Gasteiger partial charge < -0.3 is 14.4 Å². The Hall–Kier alpha value is -2.57. The van der Waals surface area contributed by atoms with Crippen LogP contribution in [-0.4, -0.2) is 28.0 Å². The van der Waals surface area contributed by atoms with Crippen molar-refractivity contribution in [3.63, 3.8) is 0 Å². The largest absolute Gasteiger partial charge is 0.369 e. The third kappa shape index (κ3) is 7.45. The van der Waals surface area contributed by atoms with Crippen molar-refractivity contribution in [2.75, 3.05) is 16.3 Å². The Labute approximate surface area is 220 Å². The molecule has 0 radical (unpaired) electrons. The Morgan fingerprint density at radius 1 is 1.09 bits per heavy atom. The normalized spacial score (nSPS) is 12.9. The zero-order chi connectivity index (χ0) is 23.6. The first kappa shape index (κ1) is 28.7. The highest BCUT2D eigenvalue weighted by Crippen LogP contribution is 2.32. The van der Waals surface area contributed by atoms with E-state index in [0.717, 1.165) is 18.7 Å². The van der Waals surface area contributed by atoms with E-state index in [0.29, 0.717) is 24.0 Å². The number of anilines is 2. The zero-order valence-corrected chi connectivity index (χ0v) is 22.4. The molecule has 1 amide bonds. The highest BCUT2D eigenvalue weighted by molar-refractivity contribution is 6.04. The number of benzene rings is 2. The van der Waals surface area contributed by atoms with Gasteiger partial charge in [0.15, 0.2) is 0 Å². The summed E-state index contributed by atoms with van der Waals surface area (Å²) in [5.41, 5.74) is 3.31. The lowest BCUT2D eigenvalue weighted by Gasteiger charge is -2.25. The fourth-order valence-corrected chi connectivity index (χ4v) is 4.20. The average molecular weight is 522 g/mol. The second-order valence-electron chi connectivity index (χ2n) is 10.0. The lowest BCUT2D eigenvalue weighted by atomic mass is 9.97. The van der Waals surface area contributed by atoms with Gasteiger partial charge >= 0.3 is 0 Å². The van der Waals surface area contributed by atoms with Crippen molar-refractivity contribution in [2.24, 2.45) is 5.41 Å². The topological polar surface area (TPSA) is 41.4 Å². The van der Waals surface area contributed by atoms with Gasteiger partial charge in [0.25, 0.3) is 5.91 Å². The van der Waals surface area contributed by atoms with Crippen LogP contribution in [0.5, 0.6) is 0 Å². The van der Waals surface area contributed by atoms with Crippen LogP contribution < -0.4 is 9.80 Å². The number of rotatable bonds is 8. The van der Waals surface area contributed by atoms with E-state index in [1.165, 1.54) is 30.7 Å². The summed E-state index contributed by atoms with van der Waals surface area (Å²) in [4.78, 5) is 22.0. The Morgan fingerprint density at radius 2 is 1.77 bits per heavy atom. The number of amides is 1. The Balaban J connectivity index is 0.00000216. The van der Waals surface area contributed by atoms with Gasteiger partial charge in [-0.25, -0.2) is 9.37 Å². The summed E-state index contributed by atoms with van der Waals surface area (Å²) in [6, 6.07) is 15.0. The van der Waals surface area contributed by atoms with Gasteiger partial charge in [-0.1, -0.05) is 32.9 Å². The quantitative estimate of drug-likeness (QED) is 0.329. The molecule has 0 aliphatic heterocycles. The fraction of sp³-hybridized carbons (Fsp3) is 0.407. The molecule has 8 heteroatoms. The van der Waals surface area contributed by atoms with E-state index in [-0.39, 0.29) is 42.0 Å². The maximum Gasteiger partial charge on any atom is 0.278 e. The monoisotopic (exact) mass is 520 g/mol. The van der Waals surface area contributed by atoms with E-state index in [1.54, 1.807) is 29.6 Å². The maximum absolute atomic E-state index is 13.6. The summed E-state index contributed by atoms with van der Waals surface area (Å²) >= 11 is 0. The van der Waals surface area contributed by atoms with Gasteiger partial charge in [-0.3, -0.25) is 4.79 Å². The van der Waals surface area contributed by atoms with Crippen LogP contribution in [0.15, 0.2) is 61.1 Å². The SMILES string of the molecule is CCN(c1cccc(CN(C(=O)c2cn(CC(C)(C)C)cn2)c2ccc(F)cc2)c1)C1CC1.Cl.Cl. The number of halogens is 3. The lowest BCUT2D eigenvalue weighted by Crippen LogP contribution is -2.31. The minimum absolute atomic E-state index is 0. The van der Waals surface area contributed by atoms with Crippen molar-refractivity contribution in [1.82, 2.24) is 9.55 Å². The van der Waals surface area contributed by atoms with E-state index in [9.17, 15) is 9.18 Å². The summed E-state index contributed by atoms with van der Waals surface area (Å²) in [6.45, 7) is 10.7. The van der Waals surface area contributed by atoms with Gasteiger partial charge in [0.2, 0.25) is 0 Å². The minimum atomic E-state index is -0.328. The Kier molecular flexibility index (Phi) is 9.76. The van der Waals surface area contributed by atoms with Crippen molar-refractivity contribution in [2.45, 2.75) is 59.7 Å². The number of imidazole rings is 1. The molecular weight excluding hydrogens is 486 g/mol. The number of hydrogen-bond donors (Lipinski definition) is 0. The molecule has 0 unspecified atom stereocenters. The number of carbonyl (C=O) groups excluding carboxylic acids is 1. The smallest absolute Gasteiger partial charge is 0.278 e. The number of carbonyl (C=O) groups is 1. The van der Waals surface area contributed by atoms with Crippen LogP contribution in [0.1, 0.15) is 56.6 Å². The molecule has 190 valence electrons. The van der Waals surface area contributed by atoms with Crippen LogP contribution in [0, 0.1) is 11.2 Å². The molecule has 35 heavy (non-hydrogen) atoms. The van der Waals surface area contributed by atoms with Gasteiger partial charge in [0.1, 0.15) is 11.5 Å². The number of hydrogen-bond acceptors (Lipinski definition) is 3. The standard InChI is InChI=1S/C27H33FN4O.2ClH/c1-5-31(22-13-14-22)24-8-6-7-20(15-24)16-32(23-11-9-21(28)10-12-23)26(33)25-17-30(19-29-25)18-27(2,3)4;;/h6-12,15,17,19,22H,5,13-14,16,18H2,1-4H3;2*1H. The molecule has 0 N–H and O–H groups in total. The van der Waals surface area contributed by atoms with Gasteiger partial charge in [-0.05, 0) is 67.1 Å². The molecule has 2 aromatic carbocycles. The van der Waals surface area contributed by atoms with Crippen LogP contribution in [0.4, 0.5) is 15.8 Å². The van der Waals surface area contributed by atoms with Crippen molar-refractivity contribution in [3.8, 4) is 0 Å². The molecular formula is C27H35Cl2FN4O. The lowest BCUT2D eigenvalue weighted by molar-refractivity contribution is 0.0980. The van der Waals surface area contributed by atoms with Gasteiger partial charge in [-0.2, -0.15) is 0 Å². The molecule has 4 rings (SSSR count). The number of aromatic nitrogens is 2. The Morgan fingerprint density at radius 3 is 2.37 bits per heavy atom. The van der Waals surface area contributed by atoms with Crippen molar-refractivity contribution >= 4 is 42.1 Å². The predicted molar refractivity (Wildman–Crippen MR) is 146 cm³/mol. The van der Waals surface area contributed by atoms with E-state index < -0.39 is 0 Å². The molecule has 0 spiro atoms. The highest BCUT2D eigenvalue weighted by atomic mass is 35.5. The summed E-state index contributed by atoms with van der Waals surface area (Å²) in [5, 5.41) is 0. The van der Waals surface area contributed by atoms with Crippen molar-refractivity contribution < 1.29 is 9.18 Å². The Bertz CT molecular complexity index is 1110. The van der Waals surface area contributed by atoms with Crippen LogP contribution in [0.25, 0.3) is 0 Å². The molecule has 1 fully saturated rings. The average Bonchev–Trinajstić information content (AvgIpc) is 3.50. The van der Waals surface area contributed by atoms with Crippen LogP contribution in [0.3, 0.4) is 0 Å². The maximum atomic E-state index is 13.6. The molecule has 1 aliphatic carbocycles. The molecule has 0 saturated heterocycles. The summed E-state index contributed by atoms with van der Waals surface area (Å²) in [7, 11) is 0. The second-order valence-corrected chi connectivity index (χ2v) is 10.0. The summed E-state index contributed by atoms with van der Waals surface area (Å²) in [6.07, 6.45) is 5.97. The van der Waals surface area contributed by atoms with Crippen LogP contribution in [-0.2, 0) is 13.1 Å². The first-order valence-corrected chi connectivity index (χ1v) is 11.7. The summed E-state index contributed by atoms with van der Waals surface area (Å²) in [5.74, 6) is -0.528. The molecule has 1 aromatic heterocycles. The van der Waals surface area contributed by atoms with Crippen LogP contribution in [0.2, 0.25) is 0 Å². The van der Waals surface area contributed by atoms with Crippen LogP contribution >= 0.6 is 24.8 Å². The molecule has 1 aliphatic rings. The first-order chi connectivity index (χ1) is 15.7.